The van der Waals surface area contributed by atoms with Crippen LogP contribution in [0.2, 0.25) is 0 Å². The monoisotopic (exact) mass is 177 g/mol. The number of halogens is 1. The zero-order valence-electron chi connectivity index (χ0n) is 4.89. The Kier molecular flexibility index (Phi) is 3.52. The topological polar surface area (TPSA) is 20.3 Å². The lowest BCUT2D eigenvalue weighted by Gasteiger charge is -2.07. The lowest BCUT2D eigenvalue weighted by Crippen LogP contribution is -2.05. The maximum absolute atomic E-state index is 9.79. The van der Waals surface area contributed by atoms with Crippen molar-refractivity contribution in [2.45, 2.75) is 0 Å². The van der Waals surface area contributed by atoms with Crippen molar-refractivity contribution in [3.8, 4) is 0 Å². The molecule has 3 heteroatoms. The van der Waals surface area contributed by atoms with Gasteiger partial charge in [0.1, 0.15) is 6.29 Å². The summed E-state index contributed by atoms with van der Waals surface area (Å²) in [6.07, 6.45) is 2.18. The molecule has 0 aliphatic heterocycles. The van der Waals surface area contributed by atoms with Gasteiger partial charge in [-0.1, -0.05) is 0 Å². The maximum atomic E-state index is 9.79. The molecule has 0 rings (SSSR count). The lowest BCUT2D eigenvalue weighted by molar-refractivity contribution is -0.104. The SMILES string of the molecule is CN(C)/C(Br)=C\C=O. The van der Waals surface area contributed by atoms with E-state index in [1.54, 1.807) is 4.90 Å². The largest absolute Gasteiger partial charge is 0.372 e. The minimum atomic E-state index is 0.740. The van der Waals surface area contributed by atoms with E-state index in [0.717, 1.165) is 10.9 Å². The Bertz CT molecular complexity index is 109. The van der Waals surface area contributed by atoms with Gasteiger partial charge in [-0.2, -0.15) is 0 Å². The van der Waals surface area contributed by atoms with Crippen LogP contribution in [0.4, 0.5) is 0 Å². The van der Waals surface area contributed by atoms with Crippen molar-refractivity contribution in [1.29, 1.82) is 0 Å². The highest BCUT2D eigenvalue weighted by molar-refractivity contribution is 9.11. The predicted molar refractivity (Wildman–Crippen MR) is 36.8 cm³/mol. The Balaban J connectivity index is 3.78. The van der Waals surface area contributed by atoms with Crippen molar-refractivity contribution >= 4 is 22.2 Å². The van der Waals surface area contributed by atoms with E-state index in [2.05, 4.69) is 15.9 Å². The van der Waals surface area contributed by atoms with Crippen LogP contribution in [0, 0.1) is 0 Å². The van der Waals surface area contributed by atoms with Crippen LogP contribution in [-0.4, -0.2) is 25.3 Å². The Morgan fingerprint density at radius 1 is 1.62 bits per heavy atom. The third kappa shape index (κ3) is 2.80. The molecular formula is C5H8BrNO. The first kappa shape index (κ1) is 7.69. The van der Waals surface area contributed by atoms with Crippen LogP contribution in [0.5, 0.6) is 0 Å². The summed E-state index contributed by atoms with van der Waals surface area (Å²) < 4.78 is 0.785. The number of rotatable bonds is 2. The zero-order valence-corrected chi connectivity index (χ0v) is 6.47. The Labute approximate surface area is 57.3 Å². The first-order valence-electron chi connectivity index (χ1n) is 2.16. The molecule has 0 amide bonds. The molecule has 0 fully saturated rings. The van der Waals surface area contributed by atoms with Crippen LogP contribution in [0.1, 0.15) is 0 Å². The van der Waals surface area contributed by atoms with Crippen molar-refractivity contribution in [1.82, 2.24) is 4.90 Å². The molecule has 0 spiro atoms. The Hall–Kier alpha value is -0.310. The third-order valence-corrected chi connectivity index (χ3v) is 1.61. The summed E-state index contributed by atoms with van der Waals surface area (Å²) in [6, 6.07) is 0. The van der Waals surface area contributed by atoms with Gasteiger partial charge in [-0.3, -0.25) is 4.79 Å². The summed E-state index contributed by atoms with van der Waals surface area (Å²) in [6.45, 7) is 0. The number of carbonyl (C=O) groups excluding carboxylic acids is 1. The van der Waals surface area contributed by atoms with E-state index in [-0.39, 0.29) is 0 Å². The quantitative estimate of drug-likeness (QED) is 0.357. The molecular weight excluding hydrogens is 170 g/mol. The third-order valence-electron chi connectivity index (χ3n) is 0.633. The van der Waals surface area contributed by atoms with Crippen LogP contribution in [-0.2, 0) is 4.79 Å². The van der Waals surface area contributed by atoms with E-state index < -0.39 is 0 Å². The number of hydrogen-bond donors (Lipinski definition) is 0. The molecule has 0 unspecified atom stereocenters. The van der Waals surface area contributed by atoms with Crippen LogP contribution in [0.25, 0.3) is 0 Å². The van der Waals surface area contributed by atoms with E-state index in [1.807, 2.05) is 14.1 Å². The van der Waals surface area contributed by atoms with Crippen LogP contribution in [0.15, 0.2) is 10.7 Å². The highest BCUT2D eigenvalue weighted by Gasteiger charge is 1.88. The molecule has 0 saturated heterocycles. The van der Waals surface area contributed by atoms with E-state index in [0.29, 0.717) is 0 Å². The highest BCUT2D eigenvalue weighted by Crippen LogP contribution is 2.04. The lowest BCUT2D eigenvalue weighted by atomic mass is 10.6. The van der Waals surface area contributed by atoms with Crippen LogP contribution in [0.3, 0.4) is 0 Å². The summed E-state index contributed by atoms with van der Waals surface area (Å²) in [4.78, 5) is 11.6. The van der Waals surface area contributed by atoms with Gasteiger partial charge in [-0.15, -0.1) is 0 Å². The van der Waals surface area contributed by atoms with Crippen molar-refractivity contribution in [3.63, 3.8) is 0 Å². The predicted octanol–water partition coefficient (Wildman–Crippen LogP) is 0.983. The van der Waals surface area contributed by atoms with Gasteiger partial charge >= 0.3 is 0 Å². The normalized spacial score (nSPS) is 11.1. The summed E-state index contributed by atoms with van der Waals surface area (Å²) >= 11 is 3.16. The average molecular weight is 178 g/mol. The molecule has 0 saturated carbocycles. The Morgan fingerprint density at radius 2 is 2.12 bits per heavy atom. The van der Waals surface area contributed by atoms with Gasteiger partial charge in [0.05, 0.1) is 4.61 Å². The molecule has 0 N–H and O–H groups in total. The van der Waals surface area contributed by atoms with E-state index in [9.17, 15) is 4.79 Å². The van der Waals surface area contributed by atoms with Crippen molar-refractivity contribution in [2.24, 2.45) is 0 Å². The number of allylic oxidation sites excluding steroid dienone is 1. The smallest absolute Gasteiger partial charge is 0.145 e. The second-order valence-electron chi connectivity index (χ2n) is 1.52. The molecule has 0 aromatic heterocycles. The average Bonchev–Trinajstić information content (AvgIpc) is 1.67. The molecule has 0 aliphatic rings. The van der Waals surface area contributed by atoms with E-state index >= 15 is 0 Å². The van der Waals surface area contributed by atoms with Gasteiger partial charge in [-0.05, 0) is 15.9 Å². The van der Waals surface area contributed by atoms with E-state index in [4.69, 9.17) is 0 Å². The van der Waals surface area contributed by atoms with Crippen LogP contribution >= 0.6 is 15.9 Å². The molecule has 0 aromatic carbocycles. The van der Waals surface area contributed by atoms with Crippen molar-refractivity contribution < 1.29 is 4.79 Å². The second kappa shape index (κ2) is 3.66. The van der Waals surface area contributed by atoms with E-state index in [1.165, 1.54) is 6.08 Å². The molecule has 0 aliphatic carbocycles. The van der Waals surface area contributed by atoms with Crippen LogP contribution < -0.4 is 0 Å². The molecule has 0 aromatic rings. The number of nitrogens with zero attached hydrogens (tertiary/aromatic N) is 1. The number of hydrogen-bond acceptors (Lipinski definition) is 2. The van der Waals surface area contributed by atoms with Gasteiger partial charge in [0.2, 0.25) is 0 Å². The minimum absolute atomic E-state index is 0.740. The summed E-state index contributed by atoms with van der Waals surface area (Å²) in [5.41, 5.74) is 0. The van der Waals surface area contributed by atoms with Gasteiger partial charge in [-0.25, -0.2) is 0 Å². The first-order valence-corrected chi connectivity index (χ1v) is 2.96. The summed E-state index contributed by atoms with van der Waals surface area (Å²) in [5.74, 6) is 0. The zero-order chi connectivity index (χ0) is 6.57. The van der Waals surface area contributed by atoms with Crippen molar-refractivity contribution in [2.75, 3.05) is 14.1 Å². The standard InChI is InChI=1S/C5H8BrNO/c1-7(2)5(6)3-4-8/h3-4H,1-2H3/b5-3-. The molecule has 46 valence electrons. The second-order valence-corrected chi connectivity index (χ2v) is 2.33. The summed E-state index contributed by atoms with van der Waals surface area (Å²) in [5, 5.41) is 0. The molecule has 0 heterocycles. The van der Waals surface area contributed by atoms with Gasteiger partial charge in [0, 0.05) is 20.2 Å². The molecule has 0 atom stereocenters. The number of aldehydes is 1. The van der Waals surface area contributed by atoms with Gasteiger partial charge in [0.15, 0.2) is 0 Å². The Morgan fingerprint density at radius 3 is 2.25 bits per heavy atom. The first-order chi connectivity index (χ1) is 3.68. The van der Waals surface area contributed by atoms with Gasteiger partial charge < -0.3 is 4.90 Å². The maximum Gasteiger partial charge on any atom is 0.145 e. The molecule has 8 heavy (non-hydrogen) atoms. The van der Waals surface area contributed by atoms with Crippen molar-refractivity contribution in [3.05, 3.63) is 10.7 Å². The fraction of sp³-hybridized carbons (Fsp3) is 0.400. The highest BCUT2D eigenvalue weighted by atomic mass is 79.9. The molecule has 2 nitrogen and oxygen atoms in total. The van der Waals surface area contributed by atoms with Gasteiger partial charge in [0.25, 0.3) is 0 Å². The minimum Gasteiger partial charge on any atom is -0.372 e. The molecule has 0 radical (unpaired) electrons. The fourth-order valence-electron chi connectivity index (χ4n) is 0.205. The molecule has 0 bridgehead atoms. The summed E-state index contributed by atoms with van der Waals surface area (Å²) in [7, 11) is 3.70. The number of carbonyl (C=O) groups is 1. The fourth-order valence-corrected chi connectivity index (χ4v) is 0.313.